The monoisotopic (exact) mass is 524 g/mol. The van der Waals surface area contributed by atoms with Crippen molar-refractivity contribution in [3.05, 3.63) is 23.3 Å². The predicted octanol–water partition coefficient (Wildman–Crippen LogP) is 1.83. The van der Waals surface area contributed by atoms with Crippen LogP contribution in [-0.4, -0.2) is 120 Å². The third-order valence-electron chi connectivity index (χ3n) is 7.41. The van der Waals surface area contributed by atoms with E-state index in [0.717, 1.165) is 45.6 Å². The standard InChI is InChI=1S/C26H44N4O5S/c1-21-17-24(34-5)18-22(2)26(21)36(32,33)28(4)15-16-35-20-25(31)30-11-7-23(8-12-30)19-29-10-6-9-27(3)13-14-29/h17-18,23H,6-16,19-20H2,1-5H3. The molecule has 0 saturated carbocycles. The maximum atomic E-state index is 13.1. The average molecular weight is 525 g/mol. The summed E-state index contributed by atoms with van der Waals surface area (Å²) >= 11 is 0. The predicted molar refractivity (Wildman–Crippen MR) is 141 cm³/mol. The highest BCUT2D eigenvalue weighted by atomic mass is 32.2. The van der Waals surface area contributed by atoms with Crippen LogP contribution in [0.25, 0.3) is 0 Å². The zero-order chi connectivity index (χ0) is 26.3. The molecule has 1 aromatic carbocycles. The average Bonchev–Trinajstić information content (AvgIpc) is 3.05. The third kappa shape index (κ3) is 7.64. The number of benzene rings is 1. The van der Waals surface area contributed by atoms with Crippen LogP contribution in [0.5, 0.6) is 5.75 Å². The van der Waals surface area contributed by atoms with E-state index < -0.39 is 10.0 Å². The topological polar surface area (TPSA) is 82.6 Å². The molecule has 2 heterocycles. The molecule has 2 saturated heterocycles. The SMILES string of the molecule is COc1cc(C)c(S(=O)(=O)N(C)CCOCC(=O)N2CCC(CN3CCCN(C)CC3)CC2)c(C)c1. The molecule has 36 heavy (non-hydrogen) atoms. The second-order valence-electron chi connectivity index (χ2n) is 10.3. The van der Waals surface area contributed by atoms with Crippen LogP contribution in [0.15, 0.2) is 17.0 Å². The Morgan fingerprint density at radius 1 is 1.06 bits per heavy atom. The van der Waals surface area contributed by atoms with Gasteiger partial charge in [0.15, 0.2) is 0 Å². The number of methoxy groups -OCH3 is 1. The number of nitrogens with zero attached hydrogens (tertiary/aromatic N) is 4. The van der Waals surface area contributed by atoms with Gasteiger partial charge in [0.1, 0.15) is 12.4 Å². The number of likely N-dealkylation sites (N-methyl/N-ethyl adjacent to an activating group) is 2. The molecule has 0 aromatic heterocycles. The van der Waals surface area contributed by atoms with E-state index in [-0.39, 0.29) is 30.6 Å². The van der Waals surface area contributed by atoms with Crippen molar-refractivity contribution in [1.29, 1.82) is 0 Å². The second kappa shape index (κ2) is 13.2. The zero-order valence-corrected chi connectivity index (χ0v) is 23.5. The van der Waals surface area contributed by atoms with Gasteiger partial charge in [0, 0.05) is 46.3 Å². The number of aryl methyl sites for hydroxylation is 2. The molecule has 0 atom stereocenters. The van der Waals surface area contributed by atoms with Crippen molar-refractivity contribution < 1.29 is 22.7 Å². The molecule has 2 aliphatic rings. The lowest BCUT2D eigenvalue weighted by atomic mass is 9.96. The van der Waals surface area contributed by atoms with E-state index >= 15 is 0 Å². The number of carbonyl (C=O) groups is 1. The first-order chi connectivity index (χ1) is 17.1. The minimum absolute atomic E-state index is 0.0163. The van der Waals surface area contributed by atoms with Crippen molar-refractivity contribution in [2.24, 2.45) is 5.92 Å². The molecule has 10 heteroatoms. The Labute approximate surface area is 217 Å². The fraction of sp³-hybridized carbons (Fsp3) is 0.731. The number of carbonyl (C=O) groups excluding carboxylic acids is 1. The van der Waals surface area contributed by atoms with Crippen molar-refractivity contribution in [3.63, 3.8) is 0 Å². The van der Waals surface area contributed by atoms with E-state index in [4.69, 9.17) is 9.47 Å². The number of amides is 1. The molecule has 3 rings (SSSR count). The molecular weight excluding hydrogens is 480 g/mol. The molecule has 0 bridgehead atoms. The van der Waals surface area contributed by atoms with Gasteiger partial charge >= 0.3 is 0 Å². The highest BCUT2D eigenvalue weighted by Crippen LogP contribution is 2.27. The van der Waals surface area contributed by atoms with Crippen LogP contribution >= 0.6 is 0 Å². The summed E-state index contributed by atoms with van der Waals surface area (Å²) in [6, 6.07) is 3.44. The third-order valence-corrected chi connectivity index (χ3v) is 9.57. The summed E-state index contributed by atoms with van der Waals surface area (Å²) in [4.78, 5) is 19.8. The molecule has 0 unspecified atom stereocenters. The highest BCUT2D eigenvalue weighted by Gasteiger charge is 2.27. The van der Waals surface area contributed by atoms with Crippen LogP contribution in [0.3, 0.4) is 0 Å². The van der Waals surface area contributed by atoms with Gasteiger partial charge in [-0.2, -0.15) is 4.31 Å². The number of hydrogen-bond donors (Lipinski definition) is 0. The van der Waals surface area contributed by atoms with E-state index in [9.17, 15) is 13.2 Å². The van der Waals surface area contributed by atoms with Crippen LogP contribution < -0.4 is 4.74 Å². The molecule has 204 valence electrons. The van der Waals surface area contributed by atoms with Crippen molar-refractivity contribution >= 4 is 15.9 Å². The Morgan fingerprint density at radius 3 is 2.36 bits per heavy atom. The normalized spacial score (nSPS) is 19.0. The van der Waals surface area contributed by atoms with Crippen LogP contribution in [0.1, 0.15) is 30.4 Å². The van der Waals surface area contributed by atoms with Gasteiger partial charge < -0.3 is 24.2 Å². The van der Waals surface area contributed by atoms with Gasteiger partial charge in [-0.05, 0) is 82.4 Å². The highest BCUT2D eigenvalue weighted by molar-refractivity contribution is 7.89. The van der Waals surface area contributed by atoms with E-state index in [2.05, 4.69) is 16.8 Å². The number of likely N-dealkylation sites (tertiary alicyclic amines) is 1. The Kier molecular flexibility index (Phi) is 10.6. The first kappa shape index (κ1) is 28.8. The summed E-state index contributed by atoms with van der Waals surface area (Å²) in [6.07, 6.45) is 3.28. The molecule has 0 aliphatic carbocycles. The van der Waals surface area contributed by atoms with E-state index in [1.54, 1.807) is 33.1 Å². The molecule has 0 spiro atoms. The molecule has 0 radical (unpaired) electrons. The minimum atomic E-state index is -3.67. The van der Waals surface area contributed by atoms with Crippen LogP contribution in [0.4, 0.5) is 0 Å². The fourth-order valence-corrected chi connectivity index (χ4v) is 6.73. The summed E-state index contributed by atoms with van der Waals surface area (Å²) in [5.74, 6) is 1.26. The van der Waals surface area contributed by atoms with E-state index in [0.29, 0.717) is 22.8 Å². The van der Waals surface area contributed by atoms with Gasteiger partial charge in [-0.15, -0.1) is 0 Å². The van der Waals surface area contributed by atoms with E-state index in [1.807, 2.05) is 4.90 Å². The van der Waals surface area contributed by atoms with Crippen LogP contribution in [-0.2, 0) is 19.6 Å². The molecule has 1 aromatic rings. The summed E-state index contributed by atoms with van der Waals surface area (Å²) in [5.41, 5.74) is 1.28. The Bertz CT molecular complexity index is 956. The maximum absolute atomic E-state index is 13.1. The zero-order valence-electron chi connectivity index (χ0n) is 22.7. The number of piperidine rings is 1. The molecule has 1 amide bonds. The lowest BCUT2D eigenvalue weighted by molar-refractivity contribution is -0.137. The summed E-state index contributed by atoms with van der Waals surface area (Å²) in [5, 5.41) is 0. The van der Waals surface area contributed by atoms with Crippen molar-refractivity contribution in [2.45, 2.75) is 38.0 Å². The van der Waals surface area contributed by atoms with Crippen LogP contribution in [0.2, 0.25) is 0 Å². The van der Waals surface area contributed by atoms with E-state index in [1.165, 1.54) is 30.9 Å². The van der Waals surface area contributed by atoms with Crippen molar-refractivity contribution in [1.82, 2.24) is 19.0 Å². The lowest BCUT2D eigenvalue weighted by Crippen LogP contribution is -2.43. The van der Waals surface area contributed by atoms with Crippen molar-refractivity contribution in [2.75, 3.05) is 86.8 Å². The van der Waals surface area contributed by atoms with Gasteiger partial charge in [-0.25, -0.2) is 8.42 Å². The minimum Gasteiger partial charge on any atom is -0.497 e. The fourth-order valence-electron chi connectivity index (χ4n) is 5.17. The molecule has 0 N–H and O–H groups in total. The van der Waals surface area contributed by atoms with Gasteiger partial charge in [0.2, 0.25) is 15.9 Å². The Morgan fingerprint density at radius 2 is 1.72 bits per heavy atom. The van der Waals surface area contributed by atoms with Crippen LogP contribution in [0, 0.1) is 19.8 Å². The van der Waals surface area contributed by atoms with Gasteiger partial charge in [-0.3, -0.25) is 4.79 Å². The number of rotatable bonds is 10. The quantitative estimate of drug-likeness (QED) is 0.432. The number of sulfonamides is 1. The number of hydrogen-bond acceptors (Lipinski definition) is 7. The largest absolute Gasteiger partial charge is 0.497 e. The van der Waals surface area contributed by atoms with Gasteiger partial charge in [0.05, 0.1) is 18.6 Å². The lowest BCUT2D eigenvalue weighted by Gasteiger charge is -2.34. The Hall–Kier alpha value is -1.72. The molecule has 9 nitrogen and oxygen atoms in total. The summed E-state index contributed by atoms with van der Waals surface area (Å²) in [6.45, 7) is 11.1. The summed E-state index contributed by atoms with van der Waals surface area (Å²) < 4.78 is 38.3. The second-order valence-corrected chi connectivity index (χ2v) is 12.2. The first-order valence-corrected chi connectivity index (χ1v) is 14.4. The van der Waals surface area contributed by atoms with Crippen molar-refractivity contribution in [3.8, 4) is 5.75 Å². The first-order valence-electron chi connectivity index (χ1n) is 13.0. The summed E-state index contributed by atoms with van der Waals surface area (Å²) in [7, 11) is 1.61. The van der Waals surface area contributed by atoms with Gasteiger partial charge in [0.25, 0.3) is 0 Å². The molecule has 2 fully saturated rings. The molecular formula is C26H44N4O5S. The Balaban J connectivity index is 1.39. The smallest absolute Gasteiger partial charge is 0.248 e. The number of ether oxygens (including phenoxy) is 2. The molecule has 2 aliphatic heterocycles. The van der Waals surface area contributed by atoms with Gasteiger partial charge in [-0.1, -0.05) is 0 Å². The maximum Gasteiger partial charge on any atom is 0.248 e.